The first-order valence-electron chi connectivity index (χ1n) is 6.21. The van der Waals surface area contributed by atoms with Gasteiger partial charge in [-0.15, -0.1) is 0 Å². The van der Waals surface area contributed by atoms with E-state index in [0.717, 1.165) is 12.2 Å². The molecule has 0 spiro atoms. The first-order chi connectivity index (χ1) is 9.63. The van der Waals surface area contributed by atoms with E-state index in [-0.39, 0.29) is 5.91 Å². The summed E-state index contributed by atoms with van der Waals surface area (Å²) in [5.74, 6) is -0.176. The zero-order chi connectivity index (χ0) is 14.5. The van der Waals surface area contributed by atoms with Crippen LogP contribution >= 0.6 is 27.5 Å². The second-order valence-electron chi connectivity index (χ2n) is 4.13. The summed E-state index contributed by atoms with van der Waals surface area (Å²) in [5.41, 5.74) is 2.06. The molecule has 2 aromatic carbocycles. The van der Waals surface area contributed by atoms with Crippen molar-refractivity contribution >= 4 is 44.8 Å². The molecule has 0 fully saturated rings. The van der Waals surface area contributed by atoms with Gasteiger partial charge in [0.2, 0.25) is 0 Å². The third-order valence-corrected chi connectivity index (χ3v) is 4.14. The number of benzene rings is 2. The lowest BCUT2D eigenvalue weighted by Crippen LogP contribution is -2.15. The van der Waals surface area contributed by atoms with E-state index < -0.39 is 0 Å². The molecular weight excluding hydrogens is 340 g/mol. The monoisotopic (exact) mass is 352 g/mol. The van der Waals surface area contributed by atoms with Crippen LogP contribution in [0.4, 0.5) is 11.4 Å². The van der Waals surface area contributed by atoms with Crippen LogP contribution in [0, 0.1) is 0 Å². The van der Waals surface area contributed by atoms with Crippen molar-refractivity contribution in [3.8, 4) is 0 Å². The smallest absolute Gasteiger partial charge is 0.257 e. The van der Waals surface area contributed by atoms with Gasteiger partial charge in [-0.1, -0.05) is 29.8 Å². The van der Waals surface area contributed by atoms with Crippen LogP contribution in [-0.2, 0) is 0 Å². The van der Waals surface area contributed by atoms with Crippen molar-refractivity contribution in [3.05, 3.63) is 57.5 Å². The fraction of sp³-hybridized carbons (Fsp3) is 0.133. The van der Waals surface area contributed by atoms with Gasteiger partial charge in [0.15, 0.2) is 0 Å². The Balaban J connectivity index is 2.26. The summed E-state index contributed by atoms with van der Waals surface area (Å²) in [4.78, 5) is 12.4. The van der Waals surface area contributed by atoms with E-state index in [1.54, 1.807) is 24.3 Å². The van der Waals surface area contributed by atoms with Gasteiger partial charge in [-0.25, -0.2) is 0 Å². The third-order valence-electron chi connectivity index (χ3n) is 2.74. The molecule has 0 saturated heterocycles. The first-order valence-corrected chi connectivity index (χ1v) is 7.39. The Morgan fingerprint density at radius 2 is 1.85 bits per heavy atom. The molecule has 0 heterocycles. The van der Waals surface area contributed by atoms with Crippen LogP contribution in [0.2, 0.25) is 5.02 Å². The van der Waals surface area contributed by atoms with E-state index in [0.29, 0.717) is 20.7 Å². The Morgan fingerprint density at radius 1 is 1.15 bits per heavy atom. The lowest BCUT2D eigenvalue weighted by Gasteiger charge is -2.12. The largest absolute Gasteiger partial charge is 0.385 e. The molecule has 2 rings (SSSR count). The predicted octanol–water partition coefficient (Wildman–Crippen LogP) is 4.79. The van der Waals surface area contributed by atoms with E-state index >= 15 is 0 Å². The van der Waals surface area contributed by atoms with Gasteiger partial charge in [0, 0.05) is 12.2 Å². The topological polar surface area (TPSA) is 41.1 Å². The zero-order valence-electron chi connectivity index (χ0n) is 10.9. The quantitative estimate of drug-likeness (QED) is 0.830. The Bertz CT molecular complexity index is 631. The molecule has 0 aliphatic carbocycles. The first kappa shape index (κ1) is 14.9. The van der Waals surface area contributed by atoms with Gasteiger partial charge in [-0.05, 0) is 47.1 Å². The van der Waals surface area contributed by atoms with Crippen molar-refractivity contribution < 1.29 is 4.79 Å². The van der Waals surface area contributed by atoms with Gasteiger partial charge >= 0.3 is 0 Å². The minimum Gasteiger partial charge on any atom is -0.385 e. The Labute approximate surface area is 131 Å². The van der Waals surface area contributed by atoms with E-state index in [1.807, 2.05) is 25.1 Å². The average Bonchev–Trinajstić information content (AvgIpc) is 2.45. The SMILES string of the molecule is CCNc1ccccc1C(=O)Nc1cccc(Cl)c1Br. The summed E-state index contributed by atoms with van der Waals surface area (Å²) in [6.45, 7) is 2.74. The van der Waals surface area contributed by atoms with Gasteiger partial charge in [0.05, 0.1) is 20.7 Å². The molecule has 2 aromatic rings. The van der Waals surface area contributed by atoms with Gasteiger partial charge in [0.25, 0.3) is 5.91 Å². The molecule has 20 heavy (non-hydrogen) atoms. The van der Waals surface area contributed by atoms with E-state index in [9.17, 15) is 4.79 Å². The zero-order valence-corrected chi connectivity index (χ0v) is 13.3. The molecule has 2 N–H and O–H groups in total. The van der Waals surface area contributed by atoms with Crippen LogP contribution in [0.15, 0.2) is 46.9 Å². The lowest BCUT2D eigenvalue weighted by molar-refractivity contribution is 0.102. The van der Waals surface area contributed by atoms with E-state index in [1.165, 1.54) is 0 Å². The molecule has 5 heteroatoms. The minimum absolute atomic E-state index is 0.176. The fourth-order valence-corrected chi connectivity index (χ4v) is 2.35. The summed E-state index contributed by atoms with van der Waals surface area (Å²) in [6, 6.07) is 12.7. The molecule has 0 aromatic heterocycles. The third kappa shape index (κ3) is 3.32. The summed E-state index contributed by atoms with van der Waals surface area (Å²) >= 11 is 9.38. The highest BCUT2D eigenvalue weighted by Gasteiger charge is 2.12. The number of halogens is 2. The number of rotatable bonds is 4. The lowest BCUT2D eigenvalue weighted by atomic mass is 10.1. The maximum atomic E-state index is 12.4. The Hall–Kier alpha value is -1.52. The average molecular weight is 354 g/mol. The van der Waals surface area contributed by atoms with Crippen molar-refractivity contribution in [1.29, 1.82) is 0 Å². The Kier molecular flexibility index (Phi) is 5.04. The molecule has 0 radical (unpaired) electrons. The Morgan fingerprint density at radius 3 is 2.60 bits per heavy atom. The number of carbonyl (C=O) groups is 1. The maximum absolute atomic E-state index is 12.4. The van der Waals surface area contributed by atoms with Crippen molar-refractivity contribution in [2.24, 2.45) is 0 Å². The summed E-state index contributed by atoms with van der Waals surface area (Å²) in [5, 5.41) is 6.58. The standard InChI is InChI=1S/C15H14BrClN2O/c1-2-18-12-8-4-3-6-10(12)15(20)19-13-9-5-7-11(17)14(13)16/h3-9,18H,2H2,1H3,(H,19,20). The van der Waals surface area contributed by atoms with Crippen LogP contribution < -0.4 is 10.6 Å². The summed E-state index contributed by atoms with van der Waals surface area (Å²) < 4.78 is 0.677. The predicted molar refractivity (Wildman–Crippen MR) is 87.7 cm³/mol. The van der Waals surface area contributed by atoms with Gasteiger partial charge in [-0.2, -0.15) is 0 Å². The second-order valence-corrected chi connectivity index (χ2v) is 5.33. The van der Waals surface area contributed by atoms with Crippen LogP contribution in [0.25, 0.3) is 0 Å². The number of hydrogen-bond acceptors (Lipinski definition) is 2. The highest BCUT2D eigenvalue weighted by atomic mass is 79.9. The van der Waals surface area contributed by atoms with Gasteiger partial charge < -0.3 is 10.6 Å². The van der Waals surface area contributed by atoms with Gasteiger partial charge in [-0.3, -0.25) is 4.79 Å². The molecule has 0 saturated carbocycles. The van der Waals surface area contributed by atoms with Gasteiger partial charge in [0.1, 0.15) is 0 Å². The molecule has 0 atom stereocenters. The second kappa shape index (κ2) is 6.77. The number of nitrogens with one attached hydrogen (secondary N) is 2. The van der Waals surface area contributed by atoms with Crippen molar-refractivity contribution in [2.45, 2.75) is 6.92 Å². The van der Waals surface area contributed by atoms with Crippen molar-refractivity contribution in [3.63, 3.8) is 0 Å². The molecular formula is C15H14BrClN2O. The van der Waals surface area contributed by atoms with Crippen LogP contribution in [0.3, 0.4) is 0 Å². The minimum atomic E-state index is -0.176. The van der Waals surface area contributed by atoms with E-state index in [2.05, 4.69) is 26.6 Å². The molecule has 0 bridgehead atoms. The van der Waals surface area contributed by atoms with Crippen molar-refractivity contribution in [1.82, 2.24) is 0 Å². The van der Waals surface area contributed by atoms with E-state index in [4.69, 9.17) is 11.6 Å². The molecule has 0 aliphatic rings. The highest BCUT2D eigenvalue weighted by Crippen LogP contribution is 2.30. The summed E-state index contributed by atoms with van der Waals surface area (Å²) in [7, 11) is 0. The van der Waals surface area contributed by atoms with Crippen LogP contribution in [0.1, 0.15) is 17.3 Å². The number of anilines is 2. The number of amides is 1. The highest BCUT2D eigenvalue weighted by molar-refractivity contribution is 9.10. The molecule has 1 amide bonds. The number of carbonyl (C=O) groups excluding carboxylic acids is 1. The number of para-hydroxylation sites is 1. The maximum Gasteiger partial charge on any atom is 0.257 e. The normalized spacial score (nSPS) is 10.2. The van der Waals surface area contributed by atoms with Crippen LogP contribution in [-0.4, -0.2) is 12.5 Å². The van der Waals surface area contributed by atoms with Crippen molar-refractivity contribution in [2.75, 3.05) is 17.2 Å². The number of hydrogen-bond donors (Lipinski definition) is 2. The summed E-state index contributed by atoms with van der Waals surface area (Å²) in [6.07, 6.45) is 0. The molecule has 0 aliphatic heterocycles. The molecule has 3 nitrogen and oxygen atoms in total. The van der Waals surface area contributed by atoms with Crippen LogP contribution in [0.5, 0.6) is 0 Å². The fourth-order valence-electron chi connectivity index (χ4n) is 1.82. The molecule has 104 valence electrons. The molecule has 0 unspecified atom stereocenters.